The van der Waals surface area contributed by atoms with Gasteiger partial charge in [0.15, 0.2) is 0 Å². The van der Waals surface area contributed by atoms with E-state index in [0.717, 1.165) is 4.90 Å². The van der Waals surface area contributed by atoms with Crippen LogP contribution in [0.4, 0.5) is 9.59 Å². The molecule has 1 saturated heterocycles. The normalized spacial score (nSPS) is 15.6. The number of imide groups is 1. The van der Waals surface area contributed by atoms with Crippen LogP contribution >= 0.6 is 0 Å². The van der Waals surface area contributed by atoms with Gasteiger partial charge in [0.25, 0.3) is 0 Å². The Labute approximate surface area is 61.6 Å². The SMILES string of the molecule is [N-]=[N+]=NC(=O)N1CCNC1=O. The molecule has 0 radical (unpaired) electrons. The fourth-order valence-electron chi connectivity index (χ4n) is 0.746. The smallest absolute Gasteiger partial charge is 0.324 e. The second-order valence-corrected chi connectivity index (χ2v) is 1.86. The molecule has 4 amide bonds. The summed E-state index contributed by atoms with van der Waals surface area (Å²) in [5.74, 6) is 0. The lowest BCUT2D eigenvalue weighted by atomic mass is 10.6. The topological polar surface area (TPSA) is 98.2 Å². The van der Waals surface area contributed by atoms with Gasteiger partial charge in [-0.15, -0.1) is 0 Å². The van der Waals surface area contributed by atoms with E-state index in [2.05, 4.69) is 15.3 Å². The first kappa shape index (κ1) is 7.36. The van der Waals surface area contributed by atoms with E-state index in [4.69, 9.17) is 5.53 Å². The summed E-state index contributed by atoms with van der Waals surface area (Å²) in [5, 5.41) is 5.16. The Morgan fingerprint density at radius 2 is 2.55 bits per heavy atom. The zero-order valence-corrected chi connectivity index (χ0v) is 5.52. The lowest BCUT2D eigenvalue weighted by Gasteiger charge is -2.05. The molecule has 7 heteroatoms. The van der Waals surface area contributed by atoms with E-state index in [1.807, 2.05) is 0 Å². The van der Waals surface area contributed by atoms with Crippen molar-refractivity contribution < 1.29 is 9.59 Å². The summed E-state index contributed by atoms with van der Waals surface area (Å²) >= 11 is 0. The Hall–Kier alpha value is -1.75. The summed E-state index contributed by atoms with van der Waals surface area (Å²) in [6.07, 6.45) is 0. The molecule has 0 aromatic carbocycles. The van der Waals surface area contributed by atoms with E-state index in [1.54, 1.807) is 0 Å². The number of nitrogens with zero attached hydrogens (tertiary/aromatic N) is 4. The minimum atomic E-state index is -0.859. The number of hydrogen-bond donors (Lipinski definition) is 1. The van der Waals surface area contributed by atoms with Gasteiger partial charge in [-0.1, -0.05) is 0 Å². The Bertz CT molecular complexity index is 243. The van der Waals surface area contributed by atoms with Crippen molar-refractivity contribution in [3.63, 3.8) is 0 Å². The van der Waals surface area contributed by atoms with Gasteiger partial charge in [-0.2, -0.15) is 0 Å². The molecule has 1 fully saturated rings. The molecular formula is C4H5N5O2. The van der Waals surface area contributed by atoms with Crippen molar-refractivity contribution in [2.75, 3.05) is 13.1 Å². The van der Waals surface area contributed by atoms with E-state index in [-0.39, 0.29) is 6.54 Å². The van der Waals surface area contributed by atoms with Gasteiger partial charge in [0.05, 0.1) is 0 Å². The van der Waals surface area contributed by atoms with Crippen molar-refractivity contribution in [1.29, 1.82) is 0 Å². The second kappa shape index (κ2) is 2.89. The molecule has 1 N–H and O–H groups in total. The maximum absolute atomic E-state index is 10.7. The van der Waals surface area contributed by atoms with E-state index in [0.29, 0.717) is 6.54 Å². The largest absolute Gasteiger partial charge is 0.336 e. The minimum absolute atomic E-state index is 0.261. The highest BCUT2D eigenvalue weighted by atomic mass is 16.2. The van der Waals surface area contributed by atoms with Crippen molar-refractivity contribution in [2.24, 2.45) is 5.11 Å². The van der Waals surface area contributed by atoms with Crippen molar-refractivity contribution >= 4 is 12.1 Å². The molecule has 1 heterocycles. The number of azide groups is 1. The summed E-state index contributed by atoms with van der Waals surface area (Å²) in [7, 11) is 0. The highest BCUT2D eigenvalue weighted by Gasteiger charge is 2.24. The monoisotopic (exact) mass is 155 g/mol. The molecule has 1 aliphatic heterocycles. The second-order valence-electron chi connectivity index (χ2n) is 1.86. The number of urea groups is 2. The molecule has 0 atom stereocenters. The molecule has 11 heavy (non-hydrogen) atoms. The van der Waals surface area contributed by atoms with Crippen LogP contribution in [0.25, 0.3) is 10.4 Å². The summed E-state index contributed by atoms with van der Waals surface area (Å²) in [6.45, 7) is 0.669. The van der Waals surface area contributed by atoms with Crippen LogP contribution in [-0.2, 0) is 0 Å². The molecule has 7 nitrogen and oxygen atoms in total. The third kappa shape index (κ3) is 1.39. The van der Waals surface area contributed by atoms with E-state index in [9.17, 15) is 9.59 Å². The predicted octanol–water partition coefficient (Wildman–Crippen LogP) is 0.442. The Morgan fingerprint density at radius 1 is 1.82 bits per heavy atom. The van der Waals surface area contributed by atoms with Gasteiger partial charge in [0.1, 0.15) is 0 Å². The van der Waals surface area contributed by atoms with Gasteiger partial charge in [-0.25, -0.2) is 4.79 Å². The van der Waals surface area contributed by atoms with Gasteiger partial charge in [-0.05, 0) is 5.53 Å². The molecule has 0 aliphatic carbocycles. The van der Waals surface area contributed by atoms with Crippen LogP contribution in [0.2, 0.25) is 0 Å². The fraction of sp³-hybridized carbons (Fsp3) is 0.500. The number of carbonyl (C=O) groups excluding carboxylic acids is 2. The van der Waals surface area contributed by atoms with Crippen LogP contribution in [0.3, 0.4) is 0 Å². The highest BCUT2D eigenvalue weighted by molar-refractivity contribution is 5.95. The van der Waals surface area contributed by atoms with Crippen molar-refractivity contribution in [3.8, 4) is 0 Å². The third-order valence-electron chi connectivity index (χ3n) is 1.22. The molecule has 0 aromatic rings. The Kier molecular flexibility index (Phi) is 1.93. The van der Waals surface area contributed by atoms with Gasteiger partial charge in [0, 0.05) is 23.1 Å². The Balaban J connectivity index is 2.67. The van der Waals surface area contributed by atoms with Crippen LogP contribution in [0.5, 0.6) is 0 Å². The maximum atomic E-state index is 10.7. The number of hydrogen-bond acceptors (Lipinski definition) is 2. The third-order valence-corrected chi connectivity index (χ3v) is 1.22. The van der Waals surface area contributed by atoms with Crippen molar-refractivity contribution in [2.45, 2.75) is 0 Å². The van der Waals surface area contributed by atoms with E-state index < -0.39 is 12.1 Å². The standard InChI is InChI=1S/C4H5N5O2/c5-8-7-4(11)9-2-1-6-3(9)10/h1-2H2,(H,6,10). The zero-order valence-electron chi connectivity index (χ0n) is 5.52. The van der Waals surface area contributed by atoms with Gasteiger partial charge >= 0.3 is 12.1 Å². The van der Waals surface area contributed by atoms with Crippen LogP contribution in [-0.4, -0.2) is 30.1 Å². The lowest BCUT2D eigenvalue weighted by molar-refractivity contribution is 0.205. The van der Waals surface area contributed by atoms with E-state index in [1.165, 1.54) is 0 Å². The number of carbonyl (C=O) groups is 2. The number of amides is 4. The summed E-state index contributed by atoms with van der Waals surface area (Å²) in [4.78, 5) is 24.5. The van der Waals surface area contributed by atoms with Crippen LogP contribution < -0.4 is 5.32 Å². The zero-order chi connectivity index (χ0) is 8.27. The van der Waals surface area contributed by atoms with Gasteiger partial charge in [0.2, 0.25) is 0 Å². The fourth-order valence-corrected chi connectivity index (χ4v) is 0.746. The highest BCUT2D eigenvalue weighted by Crippen LogP contribution is 1.99. The van der Waals surface area contributed by atoms with Crippen molar-refractivity contribution in [1.82, 2.24) is 10.2 Å². The van der Waals surface area contributed by atoms with Crippen molar-refractivity contribution in [3.05, 3.63) is 10.4 Å². The molecule has 58 valence electrons. The van der Waals surface area contributed by atoms with Gasteiger partial charge in [-0.3, -0.25) is 9.69 Å². The van der Waals surface area contributed by atoms with E-state index >= 15 is 0 Å². The molecular weight excluding hydrogens is 150 g/mol. The Morgan fingerprint density at radius 3 is 3.00 bits per heavy atom. The number of rotatable bonds is 0. The average Bonchev–Trinajstić information content (AvgIpc) is 2.36. The van der Waals surface area contributed by atoms with Crippen LogP contribution in [0.1, 0.15) is 0 Å². The van der Waals surface area contributed by atoms with Crippen LogP contribution in [0.15, 0.2) is 5.11 Å². The average molecular weight is 155 g/mol. The first-order chi connectivity index (χ1) is 5.25. The minimum Gasteiger partial charge on any atom is -0.336 e. The lowest BCUT2D eigenvalue weighted by Crippen LogP contribution is -2.31. The molecule has 0 spiro atoms. The quantitative estimate of drug-likeness (QED) is 0.312. The first-order valence-corrected chi connectivity index (χ1v) is 2.90. The molecule has 1 rings (SSSR count). The molecule has 0 unspecified atom stereocenters. The summed E-state index contributed by atoms with van der Waals surface area (Å²) in [5.41, 5.74) is 7.86. The molecule has 0 aromatic heterocycles. The number of nitrogens with one attached hydrogen (secondary N) is 1. The first-order valence-electron chi connectivity index (χ1n) is 2.90. The maximum Gasteiger partial charge on any atom is 0.324 e. The molecule has 1 aliphatic rings. The van der Waals surface area contributed by atoms with Gasteiger partial charge < -0.3 is 5.32 Å². The molecule has 0 bridgehead atoms. The van der Waals surface area contributed by atoms with Crippen LogP contribution in [0, 0.1) is 0 Å². The summed E-state index contributed by atoms with van der Waals surface area (Å²) < 4.78 is 0. The predicted molar refractivity (Wildman–Crippen MR) is 34.6 cm³/mol. The molecule has 0 saturated carbocycles. The summed E-state index contributed by atoms with van der Waals surface area (Å²) in [6, 6.07) is -1.37.